The van der Waals surface area contributed by atoms with Gasteiger partial charge in [0.05, 0.1) is 22.9 Å². The fraction of sp³-hybridized carbons (Fsp3) is 0.350. The summed E-state index contributed by atoms with van der Waals surface area (Å²) >= 11 is 1.69. The van der Waals surface area contributed by atoms with Crippen molar-refractivity contribution in [2.24, 2.45) is 0 Å². The van der Waals surface area contributed by atoms with Crippen LogP contribution >= 0.6 is 11.8 Å². The molecule has 5 nitrogen and oxygen atoms in total. The van der Waals surface area contributed by atoms with Gasteiger partial charge < -0.3 is 20.7 Å². The fourth-order valence-corrected chi connectivity index (χ4v) is 5.58. The van der Waals surface area contributed by atoms with Gasteiger partial charge in [-0.1, -0.05) is 12.8 Å². The van der Waals surface area contributed by atoms with Crippen molar-refractivity contribution in [3.8, 4) is 0 Å². The lowest BCUT2D eigenvalue weighted by Gasteiger charge is -2.29. The van der Waals surface area contributed by atoms with Gasteiger partial charge in [-0.3, -0.25) is 4.79 Å². The van der Waals surface area contributed by atoms with Gasteiger partial charge in [-0.25, -0.2) is 4.39 Å². The molecule has 27 heavy (non-hydrogen) atoms. The second-order valence-corrected chi connectivity index (χ2v) is 8.58. The highest BCUT2D eigenvalue weighted by Crippen LogP contribution is 2.45. The summed E-state index contributed by atoms with van der Waals surface area (Å²) in [7, 11) is 0. The molecule has 1 aromatic heterocycles. The van der Waals surface area contributed by atoms with Gasteiger partial charge in [0, 0.05) is 27.6 Å². The van der Waals surface area contributed by atoms with E-state index in [0.717, 1.165) is 47.8 Å². The normalized spacial score (nSPS) is 24.6. The van der Waals surface area contributed by atoms with Crippen molar-refractivity contribution >= 4 is 44.7 Å². The zero-order valence-corrected chi connectivity index (χ0v) is 15.4. The van der Waals surface area contributed by atoms with Crippen LogP contribution in [0, 0.1) is 5.82 Å². The molecule has 0 bridgehead atoms. The third-order valence-electron chi connectivity index (χ3n) is 5.53. The van der Waals surface area contributed by atoms with Gasteiger partial charge in [0.15, 0.2) is 0 Å². The largest absolute Gasteiger partial charge is 0.392 e. The zero-order valence-electron chi connectivity index (χ0n) is 14.6. The van der Waals surface area contributed by atoms with Crippen molar-refractivity contribution in [3.63, 3.8) is 0 Å². The number of hydrogen-bond donors (Lipinski definition) is 4. The summed E-state index contributed by atoms with van der Waals surface area (Å²) in [6, 6.07) is 6.39. The first kappa shape index (κ1) is 16.9. The molecule has 3 atom stereocenters. The molecule has 1 aliphatic heterocycles. The summed E-state index contributed by atoms with van der Waals surface area (Å²) in [6.07, 6.45) is 5.37. The van der Waals surface area contributed by atoms with Crippen LogP contribution in [0.3, 0.4) is 0 Å². The lowest BCUT2D eigenvalue weighted by atomic mass is 9.97. The molecule has 0 spiro atoms. The Kier molecular flexibility index (Phi) is 4.02. The third kappa shape index (κ3) is 2.76. The molecule has 2 aromatic carbocycles. The summed E-state index contributed by atoms with van der Waals surface area (Å²) in [5, 5.41) is 20.1. The van der Waals surface area contributed by atoms with E-state index in [2.05, 4.69) is 15.6 Å². The zero-order chi connectivity index (χ0) is 18.5. The number of fused-ring (bicyclic) bond motifs is 6. The Morgan fingerprint density at radius 1 is 1.04 bits per heavy atom. The average Bonchev–Trinajstić information content (AvgIpc) is 3.07. The lowest BCUT2D eigenvalue weighted by Crippen LogP contribution is -2.32. The van der Waals surface area contributed by atoms with Crippen molar-refractivity contribution in [3.05, 3.63) is 46.6 Å². The van der Waals surface area contributed by atoms with Crippen LogP contribution in [0.15, 0.2) is 35.3 Å². The molecule has 0 saturated heterocycles. The number of rotatable bonds is 2. The summed E-state index contributed by atoms with van der Waals surface area (Å²) in [5.74, 6) is -0.366. The SMILES string of the molecule is O=c1[nH]ccc2c3c(c4ccc(F)cc4c12)NC(SC1CCCCC1O)N3. The minimum atomic E-state index is -0.366. The summed E-state index contributed by atoms with van der Waals surface area (Å²) in [5.41, 5.74) is 1.41. The first-order valence-corrected chi connectivity index (χ1v) is 10.2. The predicted octanol–water partition coefficient (Wildman–Crippen LogP) is 3.98. The molecule has 0 amide bonds. The summed E-state index contributed by atoms with van der Waals surface area (Å²) < 4.78 is 13.9. The van der Waals surface area contributed by atoms with Crippen LogP contribution < -0.4 is 16.2 Å². The van der Waals surface area contributed by atoms with Gasteiger partial charge in [0.25, 0.3) is 5.56 Å². The number of pyridine rings is 1. The maximum absolute atomic E-state index is 13.9. The Labute approximate surface area is 159 Å². The van der Waals surface area contributed by atoms with Crippen LogP contribution in [0.1, 0.15) is 25.7 Å². The number of aromatic amines is 1. The van der Waals surface area contributed by atoms with Gasteiger partial charge in [-0.05, 0) is 37.1 Å². The van der Waals surface area contributed by atoms with Crippen LogP contribution in [0.5, 0.6) is 0 Å². The molecule has 3 unspecified atom stereocenters. The molecule has 7 heteroatoms. The number of benzene rings is 2. The number of thioether (sulfide) groups is 1. The second kappa shape index (κ2) is 6.42. The number of anilines is 2. The standard InChI is InChI=1S/C20H20FN3O2S/c21-10-5-6-11-13(9-10)16-12(7-8-22-19(16)26)18-17(11)23-20(24-18)27-15-4-2-1-3-14(15)25/h5-9,14-15,20,23-25H,1-4H2,(H,22,26). The maximum atomic E-state index is 13.9. The van der Waals surface area contributed by atoms with Crippen molar-refractivity contribution in [1.29, 1.82) is 0 Å². The minimum Gasteiger partial charge on any atom is -0.392 e. The fourth-order valence-electron chi connectivity index (χ4n) is 4.24. The van der Waals surface area contributed by atoms with Crippen molar-refractivity contribution in [2.45, 2.75) is 42.5 Å². The van der Waals surface area contributed by atoms with E-state index in [0.29, 0.717) is 10.8 Å². The molecule has 3 aromatic rings. The molecule has 4 N–H and O–H groups in total. The molecular weight excluding hydrogens is 365 g/mol. The van der Waals surface area contributed by atoms with E-state index in [1.54, 1.807) is 24.0 Å². The number of aliphatic hydroxyl groups excluding tert-OH is 1. The predicted molar refractivity (Wildman–Crippen MR) is 109 cm³/mol. The van der Waals surface area contributed by atoms with E-state index in [9.17, 15) is 14.3 Å². The van der Waals surface area contributed by atoms with E-state index in [1.807, 2.05) is 6.07 Å². The van der Waals surface area contributed by atoms with Gasteiger partial charge in [-0.2, -0.15) is 0 Å². The third-order valence-corrected chi connectivity index (χ3v) is 6.94. The van der Waals surface area contributed by atoms with Crippen LogP contribution in [0.2, 0.25) is 0 Å². The maximum Gasteiger partial charge on any atom is 0.256 e. The first-order chi connectivity index (χ1) is 13.1. The number of hydrogen-bond acceptors (Lipinski definition) is 5. The number of H-pyrrole nitrogens is 1. The van der Waals surface area contributed by atoms with Crippen LogP contribution in [0.25, 0.3) is 21.5 Å². The molecule has 1 fully saturated rings. The smallest absolute Gasteiger partial charge is 0.256 e. The number of aromatic nitrogens is 1. The Bertz CT molecular complexity index is 1100. The van der Waals surface area contributed by atoms with Crippen LogP contribution in [-0.4, -0.2) is 26.9 Å². The first-order valence-electron chi connectivity index (χ1n) is 9.25. The molecule has 1 aliphatic carbocycles. The Morgan fingerprint density at radius 3 is 2.63 bits per heavy atom. The van der Waals surface area contributed by atoms with Crippen LogP contribution in [-0.2, 0) is 0 Å². The van der Waals surface area contributed by atoms with Gasteiger partial charge in [-0.15, -0.1) is 11.8 Å². The van der Waals surface area contributed by atoms with Crippen molar-refractivity contribution in [1.82, 2.24) is 4.98 Å². The lowest BCUT2D eigenvalue weighted by molar-refractivity contribution is 0.137. The molecule has 2 heterocycles. The molecule has 5 rings (SSSR count). The number of aliphatic hydroxyl groups is 1. The van der Waals surface area contributed by atoms with E-state index in [-0.39, 0.29) is 28.2 Å². The van der Waals surface area contributed by atoms with Gasteiger partial charge in [0.1, 0.15) is 11.3 Å². The highest BCUT2D eigenvalue weighted by atomic mass is 32.2. The quantitative estimate of drug-likeness (QED) is 0.502. The van der Waals surface area contributed by atoms with E-state index in [1.165, 1.54) is 12.1 Å². The Balaban J connectivity index is 1.62. The summed E-state index contributed by atoms with van der Waals surface area (Å²) in [4.78, 5) is 15.2. The summed E-state index contributed by atoms with van der Waals surface area (Å²) in [6.45, 7) is 0. The van der Waals surface area contributed by atoms with E-state index in [4.69, 9.17) is 0 Å². The van der Waals surface area contributed by atoms with Crippen molar-refractivity contribution < 1.29 is 9.50 Å². The molecular formula is C20H20FN3O2S. The van der Waals surface area contributed by atoms with Crippen LogP contribution in [0.4, 0.5) is 15.8 Å². The molecule has 140 valence electrons. The number of nitrogens with one attached hydrogen (secondary N) is 3. The van der Waals surface area contributed by atoms with Gasteiger partial charge in [0.2, 0.25) is 0 Å². The molecule has 0 radical (unpaired) electrons. The Morgan fingerprint density at radius 2 is 1.81 bits per heavy atom. The number of halogens is 1. The highest BCUT2D eigenvalue weighted by Gasteiger charge is 2.31. The monoisotopic (exact) mass is 385 g/mol. The average molecular weight is 385 g/mol. The highest BCUT2D eigenvalue weighted by molar-refractivity contribution is 8.00. The van der Waals surface area contributed by atoms with Gasteiger partial charge >= 0.3 is 0 Å². The Hall–Kier alpha value is -2.25. The van der Waals surface area contributed by atoms with E-state index < -0.39 is 0 Å². The molecule has 1 saturated carbocycles. The van der Waals surface area contributed by atoms with E-state index >= 15 is 0 Å². The minimum absolute atomic E-state index is 0.101. The molecule has 2 aliphatic rings. The van der Waals surface area contributed by atoms with Crippen molar-refractivity contribution in [2.75, 3.05) is 10.6 Å². The second-order valence-electron chi connectivity index (χ2n) is 7.23. The topological polar surface area (TPSA) is 77.2 Å².